The summed E-state index contributed by atoms with van der Waals surface area (Å²) in [6.45, 7) is 4.24. The van der Waals surface area contributed by atoms with Gasteiger partial charge in [0.1, 0.15) is 0 Å². The monoisotopic (exact) mass is 300 g/mol. The molecule has 116 valence electrons. The molecule has 0 aromatic carbocycles. The van der Waals surface area contributed by atoms with Crippen molar-refractivity contribution in [1.29, 1.82) is 0 Å². The van der Waals surface area contributed by atoms with Crippen LogP contribution in [0.25, 0.3) is 0 Å². The average molecular weight is 301 g/mol. The first kappa shape index (κ1) is 16.1. The fourth-order valence-corrected chi connectivity index (χ4v) is 4.62. The number of carbonyl (C=O) groups excluding carboxylic acids is 1. The molecular formula is C16H29ClN2O. The first-order valence-corrected chi connectivity index (χ1v) is 8.23. The molecule has 0 spiro atoms. The molecule has 2 aliphatic carbocycles. The van der Waals surface area contributed by atoms with E-state index in [0.29, 0.717) is 23.8 Å². The molecular weight excluding hydrogens is 272 g/mol. The van der Waals surface area contributed by atoms with Crippen LogP contribution in [0.15, 0.2) is 0 Å². The van der Waals surface area contributed by atoms with Gasteiger partial charge < -0.3 is 10.6 Å². The highest BCUT2D eigenvalue weighted by atomic mass is 35.5. The second kappa shape index (κ2) is 6.65. The molecule has 1 heterocycles. The summed E-state index contributed by atoms with van der Waals surface area (Å²) in [5.41, 5.74) is 6.32. The normalized spacial score (nSPS) is 40.3. The van der Waals surface area contributed by atoms with E-state index < -0.39 is 0 Å². The SMILES string of the molecule is CCC1CCN(C(=O)C2CC3CCCC(C2)C3N)C1.Cl. The third-order valence-corrected chi connectivity index (χ3v) is 5.94. The van der Waals surface area contributed by atoms with E-state index in [-0.39, 0.29) is 18.3 Å². The van der Waals surface area contributed by atoms with Crippen LogP contribution < -0.4 is 5.73 Å². The predicted octanol–water partition coefficient (Wildman–Crippen LogP) is 2.82. The minimum absolute atomic E-state index is 0. The number of likely N-dealkylation sites (tertiary alicyclic amines) is 1. The van der Waals surface area contributed by atoms with E-state index in [1.54, 1.807) is 0 Å². The number of hydrogen-bond donors (Lipinski definition) is 1. The van der Waals surface area contributed by atoms with Crippen LogP contribution in [0.2, 0.25) is 0 Å². The summed E-state index contributed by atoms with van der Waals surface area (Å²) in [6, 6.07) is 0.375. The lowest BCUT2D eigenvalue weighted by molar-refractivity contribution is -0.137. The van der Waals surface area contributed by atoms with Crippen LogP contribution >= 0.6 is 12.4 Å². The molecule has 0 aromatic rings. The van der Waals surface area contributed by atoms with Crippen molar-refractivity contribution in [3.63, 3.8) is 0 Å². The van der Waals surface area contributed by atoms with Gasteiger partial charge in [-0.25, -0.2) is 0 Å². The molecule has 3 rings (SSSR count). The van der Waals surface area contributed by atoms with Crippen molar-refractivity contribution in [3.8, 4) is 0 Å². The van der Waals surface area contributed by atoms with Crippen molar-refractivity contribution in [2.24, 2.45) is 29.4 Å². The Bertz CT molecular complexity index is 335. The second-order valence-corrected chi connectivity index (χ2v) is 7.04. The molecule has 3 nitrogen and oxygen atoms in total. The average Bonchev–Trinajstić information content (AvgIpc) is 2.86. The number of halogens is 1. The summed E-state index contributed by atoms with van der Waals surface area (Å²) in [5.74, 6) is 2.71. The van der Waals surface area contributed by atoms with Gasteiger partial charge in [-0.1, -0.05) is 19.8 Å². The Balaban J connectivity index is 0.00000147. The lowest BCUT2D eigenvalue weighted by Gasteiger charge is -2.44. The fourth-order valence-electron chi connectivity index (χ4n) is 4.62. The molecule has 1 aliphatic heterocycles. The van der Waals surface area contributed by atoms with Gasteiger partial charge in [-0.15, -0.1) is 12.4 Å². The molecule has 4 heteroatoms. The Morgan fingerprint density at radius 1 is 1.20 bits per heavy atom. The largest absolute Gasteiger partial charge is 0.342 e. The zero-order valence-electron chi connectivity index (χ0n) is 12.6. The van der Waals surface area contributed by atoms with Crippen LogP contribution in [-0.4, -0.2) is 29.9 Å². The summed E-state index contributed by atoms with van der Waals surface area (Å²) >= 11 is 0. The lowest BCUT2D eigenvalue weighted by atomic mass is 9.65. The Labute approximate surface area is 129 Å². The van der Waals surface area contributed by atoms with E-state index >= 15 is 0 Å². The van der Waals surface area contributed by atoms with E-state index in [1.807, 2.05) is 0 Å². The van der Waals surface area contributed by atoms with Crippen LogP contribution in [0, 0.1) is 23.7 Å². The second-order valence-electron chi connectivity index (χ2n) is 7.04. The van der Waals surface area contributed by atoms with Gasteiger partial charge in [0.25, 0.3) is 0 Å². The van der Waals surface area contributed by atoms with Gasteiger partial charge in [0.15, 0.2) is 0 Å². The topological polar surface area (TPSA) is 46.3 Å². The Kier molecular flexibility index (Phi) is 5.36. The van der Waals surface area contributed by atoms with Crippen LogP contribution in [-0.2, 0) is 4.79 Å². The zero-order chi connectivity index (χ0) is 13.4. The summed E-state index contributed by atoms with van der Waals surface area (Å²) < 4.78 is 0. The molecule has 20 heavy (non-hydrogen) atoms. The fraction of sp³-hybridized carbons (Fsp3) is 0.938. The van der Waals surface area contributed by atoms with Crippen LogP contribution in [0.4, 0.5) is 0 Å². The number of hydrogen-bond acceptors (Lipinski definition) is 2. The van der Waals surface area contributed by atoms with Gasteiger partial charge in [0.2, 0.25) is 5.91 Å². The summed E-state index contributed by atoms with van der Waals surface area (Å²) in [6.07, 6.45) is 8.36. The van der Waals surface area contributed by atoms with Crippen molar-refractivity contribution in [3.05, 3.63) is 0 Å². The molecule has 2 saturated carbocycles. The van der Waals surface area contributed by atoms with Crippen LogP contribution in [0.1, 0.15) is 51.9 Å². The number of nitrogens with zero attached hydrogens (tertiary/aromatic N) is 1. The third-order valence-electron chi connectivity index (χ3n) is 5.94. The summed E-state index contributed by atoms with van der Waals surface area (Å²) in [4.78, 5) is 14.8. The molecule has 2 N–H and O–H groups in total. The molecule has 0 aromatic heterocycles. The van der Waals surface area contributed by atoms with Crippen molar-refractivity contribution < 1.29 is 4.79 Å². The molecule has 2 bridgehead atoms. The number of fused-ring (bicyclic) bond motifs is 2. The number of rotatable bonds is 2. The molecule has 3 fully saturated rings. The molecule has 1 saturated heterocycles. The van der Waals surface area contributed by atoms with Gasteiger partial charge in [0.05, 0.1) is 0 Å². The van der Waals surface area contributed by atoms with E-state index in [9.17, 15) is 4.79 Å². The molecule has 3 atom stereocenters. The highest BCUT2D eigenvalue weighted by Gasteiger charge is 2.42. The number of carbonyl (C=O) groups is 1. The third kappa shape index (κ3) is 2.99. The number of nitrogens with two attached hydrogens (primary N) is 1. The van der Waals surface area contributed by atoms with E-state index in [2.05, 4.69) is 11.8 Å². The number of amides is 1. The van der Waals surface area contributed by atoms with Crippen molar-refractivity contribution in [1.82, 2.24) is 4.90 Å². The van der Waals surface area contributed by atoms with Crippen molar-refractivity contribution in [2.45, 2.75) is 57.9 Å². The van der Waals surface area contributed by atoms with Gasteiger partial charge in [0, 0.05) is 25.0 Å². The summed E-state index contributed by atoms with van der Waals surface area (Å²) in [7, 11) is 0. The minimum atomic E-state index is 0. The van der Waals surface area contributed by atoms with E-state index in [0.717, 1.165) is 31.8 Å². The molecule has 3 aliphatic rings. The van der Waals surface area contributed by atoms with Crippen LogP contribution in [0.5, 0.6) is 0 Å². The van der Waals surface area contributed by atoms with Crippen molar-refractivity contribution in [2.75, 3.05) is 13.1 Å². The maximum Gasteiger partial charge on any atom is 0.225 e. The Morgan fingerprint density at radius 3 is 2.40 bits per heavy atom. The first-order chi connectivity index (χ1) is 9.19. The summed E-state index contributed by atoms with van der Waals surface area (Å²) in [5, 5.41) is 0. The van der Waals surface area contributed by atoms with E-state index in [1.165, 1.54) is 32.1 Å². The van der Waals surface area contributed by atoms with E-state index in [4.69, 9.17) is 5.73 Å². The molecule has 3 unspecified atom stereocenters. The Morgan fingerprint density at radius 2 is 1.85 bits per heavy atom. The quantitative estimate of drug-likeness (QED) is 0.852. The van der Waals surface area contributed by atoms with Gasteiger partial charge >= 0.3 is 0 Å². The molecule has 1 amide bonds. The first-order valence-electron chi connectivity index (χ1n) is 8.23. The highest BCUT2D eigenvalue weighted by molar-refractivity contribution is 5.85. The molecule has 0 radical (unpaired) electrons. The maximum atomic E-state index is 12.7. The maximum absolute atomic E-state index is 12.7. The highest BCUT2D eigenvalue weighted by Crippen LogP contribution is 2.42. The van der Waals surface area contributed by atoms with Crippen molar-refractivity contribution >= 4 is 18.3 Å². The standard InChI is InChI=1S/C16H28N2O.ClH/c1-2-11-6-7-18(10-11)16(19)14-8-12-4-3-5-13(9-14)15(12)17;/h11-15H,2-10,17H2,1H3;1H. The van der Waals surface area contributed by atoms with Gasteiger partial charge in [-0.2, -0.15) is 0 Å². The lowest BCUT2D eigenvalue weighted by Crippen LogP contribution is -2.49. The zero-order valence-corrected chi connectivity index (χ0v) is 13.4. The van der Waals surface area contributed by atoms with Gasteiger partial charge in [-0.05, 0) is 49.9 Å². The van der Waals surface area contributed by atoms with Crippen LogP contribution in [0.3, 0.4) is 0 Å². The predicted molar refractivity (Wildman–Crippen MR) is 83.8 cm³/mol. The van der Waals surface area contributed by atoms with Gasteiger partial charge in [-0.3, -0.25) is 4.79 Å². The Hall–Kier alpha value is -0.280. The smallest absolute Gasteiger partial charge is 0.225 e. The minimum Gasteiger partial charge on any atom is -0.342 e.